The number of likely N-dealkylation sites (tertiary alicyclic amines) is 1. The van der Waals surface area contributed by atoms with Crippen molar-refractivity contribution >= 4 is 22.8 Å². The number of aromatic amines is 1. The molecule has 4 aromatic rings. The number of carbonyl (C=O) groups is 2. The lowest BCUT2D eigenvalue weighted by molar-refractivity contribution is -0.153. The molecule has 0 aliphatic carbocycles. The van der Waals surface area contributed by atoms with Gasteiger partial charge in [0.05, 0.1) is 17.0 Å². The number of fused-ring (bicyclic) bond motifs is 1. The molecule has 2 heterocycles. The Labute approximate surface area is 255 Å². The Hall–Kier alpha value is -4.54. The Bertz CT molecular complexity index is 1650. The van der Waals surface area contributed by atoms with Crippen molar-refractivity contribution in [1.82, 2.24) is 14.5 Å². The number of primary amides is 1. The zero-order valence-electron chi connectivity index (χ0n) is 24.8. The highest BCUT2D eigenvalue weighted by atomic mass is 16.5. The average Bonchev–Trinajstić information content (AvgIpc) is 3.03. The van der Waals surface area contributed by atoms with Crippen molar-refractivity contribution in [3.8, 4) is 0 Å². The van der Waals surface area contributed by atoms with Crippen molar-refractivity contribution in [2.75, 3.05) is 19.6 Å². The molecule has 1 aliphatic rings. The summed E-state index contributed by atoms with van der Waals surface area (Å²) < 4.78 is 13.2. The molecule has 0 bridgehead atoms. The zero-order valence-corrected chi connectivity index (χ0v) is 24.8. The number of nitrogens with zero attached hydrogens (tertiary/aromatic N) is 2. The van der Waals surface area contributed by atoms with Crippen LogP contribution in [0.3, 0.4) is 0 Å². The first-order valence-corrected chi connectivity index (χ1v) is 15.0. The summed E-state index contributed by atoms with van der Waals surface area (Å²) in [5.74, 6) is -1.51. The smallest absolute Gasteiger partial charge is 0.328 e. The van der Waals surface area contributed by atoms with Crippen LogP contribution in [0.4, 0.5) is 0 Å². The number of H-pyrrole nitrogens is 1. The van der Waals surface area contributed by atoms with Crippen molar-refractivity contribution in [3.63, 3.8) is 0 Å². The average molecular weight is 599 g/mol. The zero-order chi connectivity index (χ0) is 31.1. The van der Waals surface area contributed by atoms with Gasteiger partial charge in [0.15, 0.2) is 0 Å². The molecule has 1 saturated heterocycles. The number of aryl methyl sites for hydroxylation is 1. The van der Waals surface area contributed by atoms with Crippen LogP contribution in [0.25, 0.3) is 10.9 Å². The molecule has 10 heteroatoms. The van der Waals surface area contributed by atoms with Gasteiger partial charge in [0.25, 0.3) is 11.5 Å². The first kappa shape index (κ1) is 30.9. The fraction of sp³-hybridized carbons (Fsp3) is 0.353. The maximum Gasteiger partial charge on any atom is 0.328 e. The highest BCUT2D eigenvalue weighted by Gasteiger charge is 2.25. The van der Waals surface area contributed by atoms with Gasteiger partial charge in [-0.1, -0.05) is 66.7 Å². The van der Waals surface area contributed by atoms with Gasteiger partial charge in [0.2, 0.25) is 6.10 Å². The number of rotatable bonds is 12. The second-order valence-corrected chi connectivity index (χ2v) is 11.2. The van der Waals surface area contributed by atoms with E-state index in [1.807, 2.05) is 36.4 Å². The fourth-order valence-electron chi connectivity index (χ4n) is 5.82. The third-order valence-electron chi connectivity index (χ3n) is 8.04. The molecule has 1 amide bonds. The summed E-state index contributed by atoms with van der Waals surface area (Å²) in [5, 5.41) is 0.297. The predicted octanol–water partition coefficient (Wildman–Crippen LogP) is 3.83. The lowest BCUT2D eigenvalue weighted by Gasteiger charge is -2.34. The van der Waals surface area contributed by atoms with Crippen LogP contribution >= 0.6 is 0 Å². The molecule has 230 valence electrons. The van der Waals surface area contributed by atoms with Crippen LogP contribution in [-0.2, 0) is 25.6 Å². The Kier molecular flexibility index (Phi) is 10.0. The van der Waals surface area contributed by atoms with E-state index in [2.05, 4.69) is 34.1 Å². The molecule has 1 atom stereocenters. The summed E-state index contributed by atoms with van der Waals surface area (Å²) in [4.78, 5) is 53.5. The maximum absolute atomic E-state index is 12.8. The predicted molar refractivity (Wildman–Crippen MR) is 167 cm³/mol. The second-order valence-electron chi connectivity index (χ2n) is 11.2. The number of unbranched alkanes of at least 4 members (excludes halogenated alkanes) is 1. The number of amides is 1. The van der Waals surface area contributed by atoms with Gasteiger partial charge < -0.3 is 20.1 Å². The molecule has 1 aromatic heterocycles. The first-order chi connectivity index (χ1) is 21.3. The van der Waals surface area contributed by atoms with E-state index in [1.165, 1.54) is 29.7 Å². The lowest BCUT2D eigenvalue weighted by atomic mass is 10.00. The van der Waals surface area contributed by atoms with Crippen molar-refractivity contribution in [1.29, 1.82) is 0 Å². The summed E-state index contributed by atoms with van der Waals surface area (Å²) in [6, 6.07) is 25.2. The summed E-state index contributed by atoms with van der Waals surface area (Å²) in [6.07, 6.45) is 2.17. The fourth-order valence-corrected chi connectivity index (χ4v) is 5.82. The molecule has 3 aromatic carbocycles. The second kappa shape index (κ2) is 14.3. The molecule has 3 N–H and O–H groups in total. The number of nitrogens with one attached hydrogen (secondary N) is 1. The maximum atomic E-state index is 12.8. The number of benzene rings is 3. The van der Waals surface area contributed by atoms with Gasteiger partial charge in [-0.2, -0.15) is 0 Å². The van der Waals surface area contributed by atoms with Gasteiger partial charge in [-0.3, -0.25) is 23.9 Å². The summed E-state index contributed by atoms with van der Waals surface area (Å²) in [6.45, 7) is 4.29. The Morgan fingerprint density at radius 1 is 0.886 bits per heavy atom. The highest BCUT2D eigenvalue weighted by molar-refractivity contribution is 5.86. The van der Waals surface area contributed by atoms with Crippen LogP contribution in [-0.4, -0.2) is 52.1 Å². The Balaban J connectivity index is 1.18. The molecule has 1 unspecified atom stereocenters. The monoisotopic (exact) mass is 598 g/mol. The van der Waals surface area contributed by atoms with E-state index in [4.69, 9.17) is 15.2 Å². The SMILES string of the molecule is CC(=O)OC(C(N)=O)c1ccc2c(=O)[nH]c(=O)n(CCCCN3CCC(OC(c4ccccc4)c4ccccc4)CC3)c2c1. The van der Waals surface area contributed by atoms with E-state index < -0.39 is 29.2 Å². The van der Waals surface area contributed by atoms with Crippen molar-refractivity contribution < 1.29 is 19.1 Å². The normalized spacial score (nSPS) is 15.0. The van der Waals surface area contributed by atoms with Crippen molar-refractivity contribution in [2.24, 2.45) is 5.73 Å². The van der Waals surface area contributed by atoms with E-state index in [1.54, 1.807) is 0 Å². The summed E-state index contributed by atoms with van der Waals surface area (Å²) in [5.41, 5.74) is 7.34. The molecule has 5 rings (SSSR count). The van der Waals surface area contributed by atoms with E-state index in [9.17, 15) is 19.2 Å². The quantitative estimate of drug-likeness (QED) is 0.187. The van der Waals surface area contributed by atoms with Gasteiger partial charge in [-0.25, -0.2) is 4.79 Å². The van der Waals surface area contributed by atoms with E-state index in [-0.39, 0.29) is 12.2 Å². The number of ether oxygens (including phenoxy) is 2. The lowest BCUT2D eigenvalue weighted by Crippen LogP contribution is -2.38. The molecule has 1 fully saturated rings. The van der Waals surface area contributed by atoms with Crippen LogP contribution in [0.5, 0.6) is 0 Å². The molecular formula is C34H38N4O6. The summed E-state index contributed by atoms with van der Waals surface area (Å²) >= 11 is 0. The van der Waals surface area contributed by atoms with E-state index >= 15 is 0 Å². The number of nitrogens with two attached hydrogens (primary N) is 1. The molecule has 0 spiro atoms. The third kappa shape index (κ3) is 7.50. The van der Waals surface area contributed by atoms with Crippen LogP contribution < -0.4 is 17.0 Å². The van der Waals surface area contributed by atoms with Crippen LogP contribution in [0.15, 0.2) is 88.5 Å². The largest absolute Gasteiger partial charge is 0.447 e. The number of hydrogen-bond donors (Lipinski definition) is 2. The van der Waals surface area contributed by atoms with Crippen LogP contribution in [0.1, 0.15) is 61.5 Å². The summed E-state index contributed by atoms with van der Waals surface area (Å²) in [7, 11) is 0. The molecule has 10 nitrogen and oxygen atoms in total. The Morgan fingerprint density at radius 3 is 2.09 bits per heavy atom. The van der Waals surface area contributed by atoms with Crippen LogP contribution in [0.2, 0.25) is 0 Å². The topological polar surface area (TPSA) is 137 Å². The highest BCUT2D eigenvalue weighted by Crippen LogP contribution is 2.30. The standard InChI is InChI=1S/C34H38N4O6/c1-23(39)43-31(32(35)40)26-14-15-28-29(22-26)38(34(42)36-33(28)41)19-9-8-18-37-20-16-27(17-21-37)44-30(24-10-4-2-5-11-24)25-12-6-3-7-13-25/h2-7,10-15,22,27,30-31H,8-9,16-21H2,1H3,(H2,35,40)(H,36,41,42). The number of piperidine rings is 1. The molecule has 0 radical (unpaired) electrons. The van der Waals surface area contributed by atoms with Gasteiger partial charge in [-0.15, -0.1) is 0 Å². The minimum atomic E-state index is -1.32. The van der Waals surface area contributed by atoms with Crippen LogP contribution in [0, 0.1) is 0 Å². The number of carbonyl (C=O) groups excluding carboxylic acids is 2. The van der Waals surface area contributed by atoms with Gasteiger partial charge in [0, 0.05) is 32.1 Å². The number of hydrogen-bond acceptors (Lipinski definition) is 7. The Morgan fingerprint density at radius 2 is 1.50 bits per heavy atom. The first-order valence-electron chi connectivity index (χ1n) is 15.0. The van der Waals surface area contributed by atoms with Gasteiger partial charge in [-0.05, 0) is 55.5 Å². The van der Waals surface area contributed by atoms with E-state index in [0.717, 1.165) is 50.0 Å². The number of aromatic nitrogens is 2. The van der Waals surface area contributed by atoms with Gasteiger partial charge in [0.1, 0.15) is 6.10 Å². The van der Waals surface area contributed by atoms with Crippen molar-refractivity contribution in [3.05, 3.63) is 116 Å². The third-order valence-corrected chi connectivity index (χ3v) is 8.04. The minimum absolute atomic E-state index is 0.104. The molecular weight excluding hydrogens is 560 g/mol. The van der Waals surface area contributed by atoms with Crippen molar-refractivity contribution in [2.45, 2.75) is 57.5 Å². The molecule has 44 heavy (non-hydrogen) atoms. The van der Waals surface area contributed by atoms with Gasteiger partial charge >= 0.3 is 11.7 Å². The minimum Gasteiger partial charge on any atom is -0.447 e. The molecule has 0 saturated carbocycles. The van der Waals surface area contributed by atoms with E-state index in [0.29, 0.717) is 29.4 Å². The molecule has 1 aliphatic heterocycles. The number of esters is 1.